The second kappa shape index (κ2) is 6.06. The Morgan fingerprint density at radius 2 is 2.10 bits per heavy atom. The zero-order valence-corrected chi connectivity index (χ0v) is 12.8. The molecule has 1 aliphatic heterocycles. The monoisotopic (exact) mass is 296 g/mol. The number of ether oxygens (including phenoxy) is 1. The molecule has 1 heterocycles. The number of hydrogen-bond donors (Lipinski definition) is 1. The van der Waals surface area contributed by atoms with E-state index in [4.69, 9.17) is 22.7 Å². The smallest absolute Gasteiger partial charge is 0.169 e. The lowest BCUT2D eigenvalue weighted by atomic mass is 9.80. The minimum Gasteiger partial charge on any atom is -0.494 e. The number of nitrogens with two attached hydrogens (primary N) is 1. The average Bonchev–Trinajstić information content (AvgIpc) is 2.43. The van der Waals surface area contributed by atoms with Crippen molar-refractivity contribution in [3.8, 4) is 5.75 Å². The van der Waals surface area contributed by atoms with Gasteiger partial charge in [-0.05, 0) is 32.0 Å². The predicted octanol–water partition coefficient (Wildman–Crippen LogP) is 2.72. The summed E-state index contributed by atoms with van der Waals surface area (Å²) in [6.45, 7) is 4.46. The Kier molecular flexibility index (Phi) is 4.60. The van der Waals surface area contributed by atoms with E-state index in [0.29, 0.717) is 22.8 Å². The van der Waals surface area contributed by atoms with Crippen LogP contribution < -0.4 is 10.5 Å². The summed E-state index contributed by atoms with van der Waals surface area (Å²) in [7, 11) is 1.48. The van der Waals surface area contributed by atoms with E-state index in [1.807, 2.05) is 6.07 Å². The third-order valence-corrected chi connectivity index (χ3v) is 4.70. The predicted molar refractivity (Wildman–Crippen MR) is 82.4 cm³/mol. The van der Waals surface area contributed by atoms with Crippen molar-refractivity contribution in [1.29, 1.82) is 0 Å². The molecule has 0 saturated carbocycles. The lowest BCUT2D eigenvalue weighted by Crippen LogP contribution is -2.44. The first-order valence-corrected chi connectivity index (χ1v) is 7.21. The summed E-state index contributed by atoms with van der Waals surface area (Å²) in [4.78, 5) is 2.82. The normalized spacial score (nSPS) is 18.8. The molecule has 1 aromatic carbocycles. The zero-order chi connectivity index (χ0) is 14.8. The van der Waals surface area contributed by atoms with Crippen molar-refractivity contribution in [2.45, 2.75) is 26.3 Å². The van der Waals surface area contributed by atoms with Crippen LogP contribution in [-0.2, 0) is 6.54 Å². The fourth-order valence-electron chi connectivity index (χ4n) is 2.53. The van der Waals surface area contributed by atoms with E-state index < -0.39 is 0 Å². The molecule has 3 nitrogen and oxygen atoms in total. The molecule has 2 rings (SSSR count). The molecular formula is C15H21FN2OS. The fourth-order valence-corrected chi connectivity index (χ4v) is 2.73. The van der Waals surface area contributed by atoms with E-state index in [0.717, 1.165) is 25.9 Å². The average molecular weight is 296 g/mol. The lowest BCUT2D eigenvalue weighted by molar-refractivity contribution is 0.156. The van der Waals surface area contributed by atoms with E-state index in [-0.39, 0.29) is 11.2 Å². The Morgan fingerprint density at radius 3 is 2.65 bits per heavy atom. The molecule has 1 aromatic rings. The lowest BCUT2D eigenvalue weighted by Gasteiger charge is -2.38. The van der Waals surface area contributed by atoms with Gasteiger partial charge in [0.05, 0.1) is 12.1 Å². The Bertz CT molecular complexity index is 499. The van der Waals surface area contributed by atoms with Crippen LogP contribution in [0.25, 0.3) is 0 Å². The molecule has 0 radical (unpaired) electrons. The highest BCUT2D eigenvalue weighted by atomic mass is 32.1. The van der Waals surface area contributed by atoms with Crippen LogP contribution in [0.2, 0.25) is 0 Å². The maximum atomic E-state index is 14.1. The number of thiocarbonyl (C=S) groups is 1. The Hall–Kier alpha value is -1.20. The van der Waals surface area contributed by atoms with Gasteiger partial charge in [0.25, 0.3) is 0 Å². The highest BCUT2D eigenvalue weighted by Gasteiger charge is 2.32. The van der Waals surface area contributed by atoms with Gasteiger partial charge in [0, 0.05) is 17.5 Å². The molecule has 0 spiro atoms. The molecule has 1 fully saturated rings. The minimum absolute atomic E-state index is 0.0568. The molecule has 0 amide bonds. The molecule has 2 N–H and O–H groups in total. The SMILES string of the molecule is COc1cccc(CN2CCC(C)(C(N)=S)CC2)c1F. The van der Waals surface area contributed by atoms with Crippen LogP contribution in [0, 0.1) is 11.2 Å². The van der Waals surface area contributed by atoms with Gasteiger partial charge in [-0.15, -0.1) is 0 Å². The fraction of sp³-hybridized carbons (Fsp3) is 0.533. The summed E-state index contributed by atoms with van der Waals surface area (Å²) >= 11 is 5.13. The molecule has 5 heteroatoms. The highest BCUT2D eigenvalue weighted by Crippen LogP contribution is 2.32. The van der Waals surface area contributed by atoms with E-state index >= 15 is 0 Å². The summed E-state index contributed by atoms with van der Waals surface area (Å²) in [5.74, 6) is 0.0326. The maximum absolute atomic E-state index is 14.1. The number of benzene rings is 1. The number of hydrogen-bond acceptors (Lipinski definition) is 3. The second-order valence-corrected chi connectivity index (χ2v) is 6.07. The zero-order valence-electron chi connectivity index (χ0n) is 12.0. The topological polar surface area (TPSA) is 38.5 Å². The van der Waals surface area contributed by atoms with Gasteiger partial charge in [0.2, 0.25) is 0 Å². The molecule has 0 aliphatic carbocycles. The number of methoxy groups -OCH3 is 1. The van der Waals surface area contributed by atoms with Crippen molar-refractivity contribution >= 4 is 17.2 Å². The number of likely N-dealkylation sites (tertiary alicyclic amines) is 1. The summed E-state index contributed by atoms with van der Waals surface area (Å²) in [5, 5.41) is 0. The van der Waals surface area contributed by atoms with Crippen molar-refractivity contribution in [3.05, 3.63) is 29.6 Å². The van der Waals surface area contributed by atoms with Gasteiger partial charge < -0.3 is 10.5 Å². The van der Waals surface area contributed by atoms with Gasteiger partial charge >= 0.3 is 0 Å². The van der Waals surface area contributed by atoms with Crippen molar-refractivity contribution in [1.82, 2.24) is 4.90 Å². The largest absolute Gasteiger partial charge is 0.494 e. The number of piperidine rings is 1. The summed E-state index contributed by atoms with van der Waals surface area (Å²) in [6.07, 6.45) is 1.85. The summed E-state index contributed by atoms with van der Waals surface area (Å²) in [6, 6.07) is 5.26. The highest BCUT2D eigenvalue weighted by molar-refractivity contribution is 7.80. The Balaban J connectivity index is 2.01. The van der Waals surface area contributed by atoms with Gasteiger partial charge in [0.1, 0.15) is 0 Å². The Morgan fingerprint density at radius 1 is 1.45 bits per heavy atom. The molecule has 1 saturated heterocycles. The van der Waals surface area contributed by atoms with Crippen LogP contribution in [0.3, 0.4) is 0 Å². The van der Waals surface area contributed by atoms with E-state index in [1.165, 1.54) is 7.11 Å². The molecule has 0 aromatic heterocycles. The molecule has 0 bridgehead atoms. The molecule has 0 unspecified atom stereocenters. The first kappa shape index (κ1) is 15.2. The molecule has 20 heavy (non-hydrogen) atoms. The van der Waals surface area contributed by atoms with Crippen LogP contribution in [0.15, 0.2) is 18.2 Å². The molecule has 110 valence electrons. The van der Waals surface area contributed by atoms with Gasteiger partial charge in [-0.3, -0.25) is 4.90 Å². The van der Waals surface area contributed by atoms with Gasteiger partial charge in [-0.25, -0.2) is 4.39 Å². The first-order valence-electron chi connectivity index (χ1n) is 6.80. The maximum Gasteiger partial charge on any atom is 0.169 e. The number of nitrogens with zero attached hydrogens (tertiary/aromatic N) is 1. The van der Waals surface area contributed by atoms with E-state index in [9.17, 15) is 4.39 Å². The Labute approximate surface area is 124 Å². The third-order valence-electron chi connectivity index (χ3n) is 4.21. The van der Waals surface area contributed by atoms with E-state index in [2.05, 4.69) is 11.8 Å². The second-order valence-electron chi connectivity index (χ2n) is 5.63. The third kappa shape index (κ3) is 3.10. The van der Waals surface area contributed by atoms with Gasteiger partial charge in [0.15, 0.2) is 11.6 Å². The molecule has 1 aliphatic rings. The van der Waals surface area contributed by atoms with Crippen molar-refractivity contribution in [2.24, 2.45) is 11.1 Å². The first-order chi connectivity index (χ1) is 9.46. The van der Waals surface area contributed by atoms with Crippen LogP contribution >= 0.6 is 12.2 Å². The minimum atomic E-state index is -0.266. The van der Waals surface area contributed by atoms with Crippen molar-refractivity contribution in [2.75, 3.05) is 20.2 Å². The van der Waals surface area contributed by atoms with Gasteiger partial charge in [-0.1, -0.05) is 31.3 Å². The molecular weight excluding hydrogens is 275 g/mol. The van der Waals surface area contributed by atoms with Crippen LogP contribution in [0.5, 0.6) is 5.75 Å². The van der Waals surface area contributed by atoms with Crippen LogP contribution in [-0.4, -0.2) is 30.1 Å². The van der Waals surface area contributed by atoms with Gasteiger partial charge in [-0.2, -0.15) is 0 Å². The number of halogens is 1. The summed E-state index contributed by atoms with van der Waals surface area (Å²) in [5.41, 5.74) is 6.41. The van der Waals surface area contributed by atoms with Crippen LogP contribution in [0.4, 0.5) is 4.39 Å². The summed E-state index contributed by atoms with van der Waals surface area (Å²) < 4.78 is 19.1. The number of rotatable bonds is 4. The van der Waals surface area contributed by atoms with Crippen molar-refractivity contribution in [3.63, 3.8) is 0 Å². The standard InChI is InChI=1S/C15H21FN2OS/c1-15(14(17)20)6-8-18(9-7-15)10-11-4-3-5-12(19-2)13(11)16/h3-5H,6-10H2,1-2H3,(H2,17,20). The molecule has 0 atom stereocenters. The van der Waals surface area contributed by atoms with E-state index in [1.54, 1.807) is 12.1 Å². The van der Waals surface area contributed by atoms with Crippen molar-refractivity contribution < 1.29 is 9.13 Å². The van der Waals surface area contributed by atoms with Crippen LogP contribution in [0.1, 0.15) is 25.3 Å². The quantitative estimate of drug-likeness (QED) is 0.867.